The average molecular weight is 351 g/mol. The predicted molar refractivity (Wildman–Crippen MR) is 102 cm³/mol. The predicted octanol–water partition coefficient (Wildman–Crippen LogP) is 4.75. The van der Waals surface area contributed by atoms with Gasteiger partial charge in [0.1, 0.15) is 0 Å². The summed E-state index contributed by atoms with van der Waals surface area (Å²) < 4.78 is 0. The molecule has 3 rings (SSSR count). The Labute approximate surface area is 152 Å². The number of unbranched alkanes of at least 4 members (excludes halogenated alkanes) is 2. The molecule has 2 aromatic carbocycles. The number of imide groups is 1. The second-order valence-corrected chi connectivity index (χ2v) is 7.04. The average Bonchev–Trinajstić information content (AvgIpc) is 2.88. The number of benzene rings is 2. The quantitative estimate of drug-likeness (QED) is 0.534. The van der Waals surface area contributed by atoms with Gasteiger partial charge in [0.25, 0.3) is 11.8 Å². The van der Waals surface area contributed by atoms with E-state index >= 15 is 0 Å². The smallest absolute Gasteiger partial charge is 0.268 e. The SMILES string of the molecule is CCCCCN1C(=O)C(Sc2ccccc2)=C(c2ccccc2)C1=O. The Morgan fingerprint density at radius 2 is 1.48 bits per heavy atom. The van der Waals surface area contributed by atoms with Crippen molar-refractivity contribution in [2.45, 2.75) is 31.1 Å². The van der Waals surface area contributed by atoms with Crippen LogP contribution in [0.15, 0.2) is 70.5 Å². The molecule has 0 bridgehead atoms. The lowest BCUT2D eigenvalue weighted by atomic mass is 10.1. The van der Waals surface area contributed by atoms with Gasteiger partial charge >= 0.3 is 0 Å². The number of hydrogen-bond donors (Lipinski definition) is 0. The van der Waals surface area contributed by atoms with Crippen molar-refractivity contribution >= 4 is 29.1 Å². The summed E-state index contributed by atoms with van der Waals surface area (Å²) in [5, 5.41) is 0. The molecule has 0 N–H and O–H groups in total. The van der Waals surface area contributed by atoms with Crippen LogP contribution >= 0.6 is 11.8 Å². The zero-order valence-corrected chi connectivity index (χ0v) is 15.1. The van der Waals surface area contributed by atoms with Crippen molar-refractivity contribution in [2.75, 3.05) is 6.54 Å². The number of carbonyl (C=O) groups is 2. The Bertz CT molecular complexity index is 784. The molecule has 2 amide bonds. The summed E-state index contributed by atoms with van der Waals surface area (Å²) in [5.74, 6) is -0.348. The highest BCUT2D eigenvalue weighted by Crippen LogP contribution is 2.39. The minimum absolute atomic E-state index is 0.172. The lowest BCUT2D eigenvalue weighted by Crippen LogP contribution is -2.32. The summed E-state index contributed by atoms with van der Waals surface area (Å²) in [5.41, 5.74) is 1.33. The maximum absolute atomic E-state index is 12.9. The Morgan fingerprint density at radius 1 is 0.840 bits per heavy atom. The number of nitrogens with zero attached hydrogens (tertiary/aromatic N) is 1. The van der Waals surface area contributed by atoms with Gasteiger partial charge in [-0.05, 0) is 24.1 Å². The van der Waals surface area contributed by atoms with Crippen molar-refractivity contribution in [1.82, 2.24) is 4.90 Å². The molecule has 0 radical (unpaired) electrons. The molecular weight excluding hydrogens is 330 g/mol. The van der Waals surface area contributed by atoms with Crippen LogP contribution < -0.4 is 0 Å². The summed E-state index contributed by atoms with van der Waals surface area (Å²) in [6, 6.07) is 19.2. The summed E-state index contributed by atoms with van der Waals surface area (Å²) in [7, 11) is 0. The first-order valence-corrected chi connectivity index (χ1v) is 9.42. The monoisotopic (exact) mass is 351 g/mol. The molecule has 0 spiro atoms. The van der Waals surface area contributed by atoms with E-state index in [1.807, 2.05) is 60.7 Å². The van der Waals surface area contributed by atoms with Crippen LogP contribution in [0.25, 0.3) is 5.57 Å². The van der Waals surface area contributed by atoms with Crippen LogP contribution in [0, 0.1) is 0 Å². The van der Waals surface area contributed by atoms with E-state index in [4.69, 9.17) is 0 Å². The van der Waals surface area contributed by atoms with Crippen molar-refractivity contribution in [3.05, 3.63) is 71.1 Å². The van der Waals surface area contributed by atoms with Gasteiger partial charge in [0.2, 0.25) is 0 Å². The molecular formula is C21H21NO2S. The fraction of sp³-hybridized carbons (Fsp3) is 0.238. The lowest BCUT2D eigenvalue weighted by Gasteiger charge is -2.14. The van der Waals surface area contributed by atoms with E-state index in [-0.39, 0.29) is 11.8 Å². The molecule has 0 unspecified atom stereocenters. The summed E-state index contributed by atoms with van der Waals surface area (Å²) in [6.07, 6.45) is 2.92. The second kappa shape index (κ2) is 8.17. The van der Waals surface area contributed by atoms with Crippen LogP contribution in [0.2, 0.25) is 0 Å². The summed E-state index contributed by atoms with van der Waals surface area (Å²) in [6.45, 7) is 2.60. The van der Waals surface area contributed by atoms with Gasteiger partial charge in [-0.1, -0.05) is 80.1 Å². The minimum Gasteiger partial charge on any atom is -0.274 e. The second-order valence-electron chi connectivity index (χ2n) is 5.95. The van der Waals surface area contributed by atoms with Crippen molar-refractivity contribution < 1.29 is 9.59 Å². The van der Waals surface area contributed by atoms with E-state index in [2.05, 4.69) is 6.92 Å². The fourth-order valence-electron chi connectivity index (χ4n) is 2.84. The highest BCUT2D eigenvalue weighted by Gasteiger charge is 2.38. The standard InChI is InChI=1S/C21H21NO2S/c1-2-3-10-15-22-20(23)18(16-11-6-4-7-12-16)19(21(22)24)25-17-13-8-5-9-14-17/h4-9,11-14H,2-3,10,15H2,1H3. The van der Waals surface area contributed by atoms with Gasteiger partial charge in [0.15, 0.2) is 0 Å². The number of amides is 2. The van der Waals surface area contributed by atoms with Crippen molar-refractivity contribution in [1.29, 1.82) is 0 Å². The van der Waals surface area contributed by atoms with Gasteiger partial charge in [-0.15, -0.1) is 0 Å². The molecule has 0 fully saturated rings. The van der Waals surface area contributed by atoms with Crippen LogP contribution in [0.4, 0.5) is 0 Å². The largest absolute Gasteiger partial charge is 0.274 e. The number of rotatable bonds is 7. The molecule has 0 atom stereocenters. The van der Waals surface area contributed by atoms with E-state index < -0.39 is 0 Å². The molecule has 1 heterocycles. The molecule has 3 nitrogen and oxygen atoms in total. The first kappa shape index (κ1) is 17.5. The molecule has 0 aliphatic carbocycles. The van der Waals surface area contributed by atoms with Gasteiger partial charge in [-0.25, -0.2) is 0 Å². The number of carbonyl (C=O) groups excluding carboxylic acids is 2. The van der Waals surface area contributed by atoms with Gasteiger partial charge in [-0.2, -0.15) is 0 Å². The van der Waals surface area contributed by atoms with Crippen LogP contribution in [-0.4, -0.2) is 23.3 Å². The fourth-order valence-corrected chi connectivity index (χ4v) is 3.87. The Morgan fingerprint density at radius 3 is 2.12 bits per heavy atom. The van der Waals surface area contributed by atoms with Crippen molar-refractivity contribution in [3.8, 4) is 0 Å². The maximum Gasteiger partial charge on any atom is 0.268 e. The molecule has 1 aliphatic rings. The molecule has 0 aromatic heterocycles. The van der Waals surface area contributed by atoms with Gasteiger partial charge in [-0.3, -0.25) is 14.5 Å². The summed E-state index contributed by atoms with van der Waals surface area (Å²) in [4.78, 5) is 28.8. The molecule has 1 aliphatic heterocycles. The normalized spacial score (nSPS) is 14.5. The summed E-state index contributed by atoms with van der Waals surface area (Å²) >= 11 is 1.38. The van der Waals surface area contributed by atoms with E-state index in [1.165, 1.54) is 16.7 Å². The molecule has 0 saturated carbocycles. The topological polar surface area (TPSA) is 37.4 Å². The maximum atomic E-state index is 12.9. The zero-order chi connectivity index (χ0) is 17.6. The van der Waals surface area contributed by atoms with Crippen molar-refractivity contribution in [2.24, 2.45) is 0 Å². The molecule has 2 aromatic rings. The minimum atomic E-state index is -0.175. The van der Waals surface area contributed by atoms with E-state index in [0.717, 1.165) is 29.7 Å². The van der Waals surface area contributed by atoms with Gasteiger partial charge < -0.3 is 0 Å². The van der Waals surface area contributed by atoms with E-state index in [1.54, 1.807) is 0 Å². The van der Waals surface area contributed by atoms with Crippen LogP contribution in [0.3, 0.4) is 0 Å². The van der Waals surface area contributed by atoms with Gasteiger partial charge in [0, 0.05) is 11.4 Å². The molecule has 25 heavy (non-hydrogen) atoms. The third-order valence-corrected chi connectivity index (χ3v) is 5.23. The molecule has 128 valence electrons. The highest BCUT2D eigenvalue weighted by molar-refractivity contribution is 8.04. The number of hydrogen-bond acceptors (Lipinski definition) is 3. The molecule has 0 saturated heterocycles. The highest BCUT2D eigenvalue weighted by atomic mass is 32.2. The molecule has 4 heteroatoms. The lowest BCUT2D eigenvalue weighted by molar-refractivity contribution is -0.136. The van der Waals surface area contributed by atoms with E-state index in [9.17, 15) is 9.59 Å². The zero-order valence-electron chi connectivity index (χ0n) is 14.3. The van der Waals surface area contributed by atoms with Crippen LogP contribution in [-0.2, 0) is 9.59 Å². The Balaban J connectivity index is 1.96. The Kier molecular flexibility index (Phi) is 5.71. The van der Waals surface area contributed by atoms with Crippen LogP contribution in [0.5, 0.6) is 0 Å². The third kappa shape index (κ3) is 3.85. The van der Waals surface area contributed by atoms with Crippen LogP contribution in [0.1, 0.15) is 31.7 Å². The number of thioether (sulfide) groups is 1. The first-order valence-electron chi connectivity index (χ1n) is 8.61. The third-order valence-electron chi connectivity index (χ3n) is 4.14. The van der Waals surface area contributed by atoms with E-state index in [0.29, 0.717) is 17.0 Å². The first-order chi connectivity index (χ1) is 12.2. The van der Waals surface area contributed by atoms with Gasteiger partial charge in [0.05, 0.1) is 10.5 Å². The van der Waals surface area contributed by atoms with Crippen molar-refractivity contribution in [3.63, 3.8) is 0 Å². The Hall–Kier alpha value is -2.33.